The largest absolute Gasteiger partial charge is 0.481 e. The minimum atomic E-state index is -0.864. The van der Waals surface area contributed by atoms with Gasteiger partial charge >= 0.3 is 5.97 Å². The van der Waals surface area contributed by atoms with Crippen LogP contribution in [0.1, 0.15) is 12.0 Å². The van der Waals surface area contributed by atoms with Crippen LogP contribution in [0, 0.1) is 23.7 Å². The number of nitrogens with zero attached hydrogens (tertiary/aromatic N) is 1. The van der Waals surface area contributed by atoms with Crippen LogP contribution in [-0.4, -0.2) is 28.9 Å². The van der Waals surface area contributed by atoms with Gasteiger partial charge in [-0.25, -0.2) is 0 Å². The van der Waals surface area contributed by atoms with E-state index in [4.69, 9.17) is 4.42 Å². The van der Waals surface area contributed by atoms with E-state index in [1.165, 1.54) is 0 Å². The molecule has 106 valence electrons. The van der Waals surface area contributed by atoms with Crippen LogP contribution in [0.3, 0.4) is 0 Å². The summed E-state index contributed by atoms with van der Waals surface area (Å²) in [5.74, 6) is -1.88. The van der Waals surface area contributed by atoms with Crippen LogP contribution in [0.5, 0.6) is 0 Å². The van der Waals surface area contributed by atoms with E-state index in [1.807, 2.05) is 12.2 Å². The zero-order valence-electron chi connectivity index (χ0n) is 11.2. The van der Waals surface area contributed by atoms with Crippen LogP contribution in [0.4, 0.5) is 0 Å². The highest BCUT2D eigenvalue weighted by Crippen LogP contribution is 2.48. The molecule has 0 saturated heterocycles. The molecule has 1 amide bonds. The average molecular weight is 275 g/mol. The average Bonchev–Trinajstić information content (AvgIpc) is 3.12. The summed E-state index contributed by atoms with van der Waals surface area (Å²) in [5.41, 5.74) is 0.909. The normalized spacial score (nSPS) is 30.6. The van der Waals surface area contributed by atoms with Gasteiger partial charge in [-0.05, 0) is 24.3 Å². The number of hydrogen-bond donors (Lipinski definition) is 1. The predicted molar refractivity (Wildman–Crippen MR) is 70.5 cm³/mol. The number of aliphatic carboxylic acids is 1. The zero-order valence-corrected chi connectivity index (χ0v) is 11.2. The summed E-state index contributed by atoms with van der Waals surface area (Å²) in [6.45, 7) is 0.444. The molecular weight excluding hydrogens is 258 g/mol. The highest BCUT2D eigenvalue weighted by Gasteiger charge is 2.52. The number of amides is 1. The Kier molecular flexibility index (Phi) is 3.12. The number of carbonyl (C=O) groups excluding carboxylic acids is 1. The quantitative estimate of drug-likeness (QED) is 0.850. The molecule has 2 unspecified atom stereocenters. The molecule has 0 spiro atoms. The van der Waals surface area contributed by atoms with Gasteiger partial charge in [0, 0.05) is 19.2 Å². The van der Waals surface area contributed by atoms with Crippen molar-refractivity contribution in [1.29, 1.82) is 0 Å². The van der Waals surface area contributed by atoms with Gasteiger partial charge in [-0.3, -0.25) is 9.59 Å². The van der Waals surface area contributed by atoms with Crippen molar-refractivity contribution in [3.63, 3.8) is 0 Å². The third-order valence-electron chi connectivity index (χ3n) is 4.41. The lowest BCUT2D eigenvalue weighted by molar-refractivity contribution is -0.150. The molecule has 5 heteroatoms. The Morgan fingerprint density at radius 2 is 2.05 bits per heavy atom. The Morgan fingerprint density at radius 1 is 1.35 bits per heavy atom. The van der Waals surface area contributed by atoms with Crippen LogP contribution >= 0.6 is 0 Å². The second kappa shape index (κ2) is 4.81. The van der Waals surface area contributed by atoms with E-state index in [-0.39, 0.29) is 17.7 Å². The van der Waals surface area contributed by atoms with Crippen molar-refractivity contribution in [2.75, 3.05) is 7.05 Å². The first kappa shape index (κ1) is 13.0. The lowest BCUT2D eigenvalue weighted by Crippen LogP contribution is -2.40. The van der Waals surface area contributed by atoms with Crippen molar-refractivity contribution in [2.45, 2.75) is 13.0 Å². The second-order valence-corrected chi connectivity index (χ2v) is 5.66. The summed E-state index contributed by atoms with van der Waals surface area (Å²) < 4.78 is 4.99. The lowest BCUT2D eigenvalue weighted by atomic mass is 9.82. The SMILES string of the molecule is CN(Cc1ccoc1)C(=O)[C@H]1C2C=CC(C2)[C@H]1C(=O)O. The Hall–Kier alpha value is -2.04. The van der Waals surface area contributed by atoms with Gasteiger partial charge in [0.25, 0.3) is 0 Å². The number of hydrogen-bond acceptors (Lipinski definition) is 3. The topological polar surface area (TPSA) is 70.8 Å². The molecule has 2 aliphatic carbocycles. The third-order valence-corrected chi connectivity index (χ3v) is 4.41. The molecule has 1 aromatic heterocycles. The van der Waals surface area contributed by atoms with E-state index >= 15 is 0 Å². The molecule has 2 aliphatic rings. The molecule has 1 saturated carbocycles. The van der Waals surface area contributed by atoms with Crippen molar-refractivity contribution in [1.82, 2.24) is 4.90 Å². The van der Waals surface area contributed by atoms with E-state index in [0.29, 0.717) is 6.54 Å². The fourth-order valence-electron chi connectivity index (χ4n) is 3.48. The number of carbonyl (C=O) groups is 2. The first-order valence-corrected chi connectivity index (χ1v) is 6.75. The van der Waals surface area contributed by atoms with Crippen molar-refractivity contribution < 1.29 is 19.1 Å². The molecule has 4 atom stereocenters. The maximum atomic E-state index is 12.6. The first-order chi connectivity index (χ1) is 9.58. The minimum absolute atomic E-state index is 0.00813. The lowest BCUT2D eigenvalue weighted by Gasteiger charge is -2.28. The van der Waals surface area contributed by atoms with Crippen molar-refractivity contribution in [3.05, 3.63) is 36.3 Å². The monoisotopic (exact) mass is 275 g/mol. The fraction of sp³-hybridized carbons (Fsp3) is 0.467. The maximum Gasteiger partial charge on any atom is 0.307 e. The number of furan rings is 1. The van der Waals surface area contributed by atoms with Gasteiger partial charge in [0.1, 0.15) is 0 Å². The molecule has 20 heavy (non-hydrogen) atoms. The molecule has 5 nitrogen and oxygen atoms in total. The zero-order chi connectivity index (χ0) is 14.3. The predicted octanol–water partition coefficient (Wildman–Crippen LogP) is 1.76. The Balaban J connectivity index is 1.76. The third kappa shape index (κ3) is 2.03. The minimum Gasteiger partial charge on any atom is -0.481 e. The number of rotatable bonds is 4. The molecule has 0 radical (unpaired) electrons. The summed E-state index contributed by atoms with van der Waals surface area (Å²) in [6.07, 6.45) is 7.89. The van der Waals surface area contributed by atoms with Crippen LogP contribution < -0.4 is 0 Å². The molecule has 1 N–H and O–H groups in total. The molecule has 2 bridgehead atoms. The number of fused-ring (bicyclic) bond motifs is 2. The van der Waals surface area contributed by atoms with Crippen LogP contribution in [0.15, 0.2) is 35.2 Å². The van der Waals surface area contributed by atoms with E-state index in [9.17, 15) is 14.7 Å². The van der Waals surface area contributed by atoms with Gasteiger partial charge in [-0.15, -0.1) is 0 Å². The van der Waals surface area contributed by atoms with Gasteiger partial charge < -0.3 is 14.4 Å². The van der Waals surface area contributed by atoms with E-state index in [1.54, 1.807) is 30.5 Å². The first-order valence-electron chi connectivity index (χ1n) is 6.75. The Bertz CT molecular complexity index is 548. The molecular formula is C15H17NO4. The number of carboxylic acid groups (broad SMARTS) is 1. The summed E-state index contributed by atoms with van der Waals surface area (Å²) in [7, 11) is 1.71. The Labute approximate surface area is 116 Å². The molecule has 0 aromatic carbocycles. The van der Waals surface area contributed by atoms with Gasteiger partial charge in [-0.2, -0.15) is 0 Å². The van der Waals surface area contributed by atoms with E-state index < -0.39 is 17.8 Å². The Morgan fingerprint density at radius 3 is 2.65 bits per heavy atom. The molecule has 3 rings (SSSR count). The van der Waals surface area contributed by atoms with Gasteiger partial charge in [0.05, 0.1) is 24.4 Å². The second-order valence-electron chi connectivity index (χ2n) is 5.66. The summed E-state index contributed by atoms with van der Waals surface area (Å²) in [5, 5.41) is 9.37. The van der Waals surface area contributed by atoms with E-state index in [2.05, 4.69) is 0 Å². The fourth-order valence-corrected chi connectivity index (χ4v) is 3.48. The smallest absolute Gasteiger partial charge is 0.307 e. The summed E-state index contributed by atoms with van der Waals surface area (Å²) in [4.78, 5) is 25.6. The number of carboxylic acids is 1. The highest BCUT2D eigenvalue weighted by molar-refractivity contribution is 5.86. The molecule has 1 heterocycles. The standard InChI is InChI=1S/C15H17NO4/c1-16(7-9-4-5-20-8-9)14(17)12-10-2-3-11(6-10)13(12)15(18)19/h2-5,8,10-13H,6-7H2,1H3,(H,18,19)/t10?,11?,12-,13+/m0/s1. The van der Waals surface area contributed by atoms with Crippen LogP contribution in [0.2, 0.25) is 0 Å². The van der Waals surface area contributed by atoms with Gasteiger partial charge in [0.2, 0.25) is 5.91 Å². The number of allylic oxidation sites excluding steroid dienone is 2. The van der Waals surface area contributed by atoms with Crippen molar-refractivity contribution in [3.8, 4) is 0 Å². The molecule has 0 aliphatic heterocycles. The van der Waals surface area contributed by atoms with Crippen molar-refractivity contribution in [2.24, 2.45) is 23.7 Å². The van der Waals surface area contributed by atoms with E-state index in [0.717, 1.165) is 12.0 Å². The van der Waals surface area contributed by atoms with Gasteiger partial charge in [-0.1, -0.05) is 12.2 Å². The summed E-state index contributed by atoms with van der Waals surface area (Å²) in [6, 6.07) is 1.80. The highest BCUT2D eigenvalue weighted by atomic mass is 16.4. The van der Waals surface area contributed by atoms with Crippen molar-refractivity contribution >= 4 is 11.9 Å². The maximum absolute atomic E-state index is 12.6. The summed E-state index contributed by atoms with van der Waals surface area (Å²) >= 11 is 0. The van der Waals surface area contributed by atoms with Gasteiger partial charge in [0.15, 0.2) is 0 Å². The molecule has 1 aromatic rings. The van der Waals surface area contributed by atoms with Crippen LogP contribution in [-0.2, 0) is 16.1 Å². The molecule has 1 fully saturated rings. The van der Waals surface area contributed by atoms with Crippen LogP contribution in [0.25, 0.3) is 0 Å².